The van der Waals surface area contributed by atoms with Gasteiger partial charge in [-0.2, -0.15) is 5.10 Å². The van der Waals surface area contributed by atoms with Gasteiger partial charge in [-0.1, -0.05) is 0 Å². The zero-order chi connectivity index (χ0) is 18.2. The van der Waals surface area contributed by atoms with Crippen LogP contribution in [0.3, 0.4) is 0 Å². The molecule has 3 aliphatic carbocycles. The topological polar surface area (TPSA) is 72.7 Å². The van der Waals surface area contributed by atoms with Crippen LogP contribution in [0, 0.1) is 0 Å². The van der Waals surface area contributed by atoms with Gasteiger partial charge in [0, 0.05) is 24.2 Å². The molecule has 3 aliphatic rings. The van der Waals surface area contributed by atoms with Crippen LogP contribution in [-0.4, -0.2) is 25.8 Å². The number of rotatable bonds is 4. The number of fused-ring (bicyclic) bond motifs is 1. The Balaban J connectivity index is 1.24. The fourth-order valence-corrected chi connectivity index (χ4v) is 4.50. The molecule has 0 aliphatic heterocycles. The molecule has 2 fully saturated rings. The molecule has 0 atom stereocenters. The molecule has 27 heavy (non-hydrogen) atoms. The summed E-state index contributed by atoms with van der Waals surface area (Å²) in [5, 5.41) is 8.33. The number of hydrogen-bond acceptors (Lipinski definition) is 5. The first-order valence-electron chi connectivity index (χ1n) is 10.5. The number of anilines is 1. The van der Waals surface area contributed by atoms with Gasteiger partial charge in [0.15, 0.2) is 0 Å². The second-order valence-electron chi connectivity index (χ2n) is 8.33. The molecule has 6 nitrogen and oxygen atoms in total. The van der Waals surface area contributed by atoms with Crippen LogP contribution < -0.4 is 10.9 Å². The van der Waals surface area contributed by atoms with E-state index in [1.807, 2.05) is 18.3 Å². The summed E-state index contributed by atoms with van der Waals surface area (Å²) in [4.78, 5) is 21.6. The first kappa shape index (κ1) is 16.9. The highest BCUT2D eigenvalue weighted by atomic mass is 16.1. The fraction of sp³-hybridized carbons (Fsp3) is 0.619. The quantitative estimate of drug-likeness (QED) is 0.899. The lowest BCUT2D eigenvalue weighted by Gasteiger charge is -2.30. The van der Waals surface area contributed by atoms with Gasteiger partial charge < -0.3 is 5.32 Å². The monoisotopic (exact) mass is 365 g/mol. The zero-order valence-corrected chi connectivity index (χ0v) is 15.7. The third kappa shape index (κ3) is 3.62. The van der Waals surface area contributed by atoms with Crippen molar-refractivity contribution in [3.8, 4) is 0 Å². The number of nitrogens with zero attached hydrogens (tertiary/aromatic N) is 4. The van der Waals surface area contributed by atoms with Crippen molar-refractivity contribution < 1.29 is 0 Å². The molecule has 0 amide bonds. The first-order chi connectivity index (χ1) is 13.3. The number of aryl methyl sites for hydroxylation is 2. The highest BCUT2D eigenvalue weighted by molar-refractivity contribution is 5.35. The zero-order valence-electron chi connectivity index (χ0n) is 15.7. The van der Waals surface area contributed by atoms with Gasteiger partial charge in [0.05, 0.1) is 11.7 Å². The largest absolute Gasteiger partial charge is 0.367 e. The van der Waals surface area contributed by atoms with Crippen molar-refractivity contribution in [2.45, 2.75) is 82.2 Å². The highest BCUT2D eigenvalue weighted by Crippen LogP contribution is 2.38. The van der Waals surface area contributed by atoms with Crippen molar-refractivity contribution >= 4 is 5.82 Å². The summed E-state index contributed by atoms with van der Waals surface area (Å²) in [5.74, 6) is 2.50. The van der Waals surface area contributed by atoms with E-state index in [9.17, 15) is 4.79 Å². The van der Waals surface area contributed by atoms with Crippen LogP contribution in [0.5, 0.6) is 0 Å². The Kier molecular flexibility index (Phi) is 4.42. The first-order valence-corrected chi connectivity index (χ1v) is 10.5. The maximum atomic E-state index is 12.5. The molecule has 142 valence electrons. The van der Waals surface area contributed by atoms with Gasteiger partial charge in [0.2, 0.25) is 0 Å². The summed E-state index contributed by atoms with van der Waals surface area (Å²) >= 11 is 0. The van der Waals surface area contributed by atoms with Gasteiger partial charge in [0.25, 0.3) is 5.56 Å². The molecular formula is C21H27N5O. The maximum Gasteiger partial charge on any atom is 0.267 e. The van der Waals surface area contributed by atoms with Crippen LogP contribution in [-0.2, 0) is 12.8 Å². The Bertz CT molecular complexity index is 880. The van der Waals surface area contributed by atoms with Gasteiger partial charge in [-0.25, -0.2) is 14.6 Å². The lowest BCUT2D eigenvalue weighted by molar-refractivity contribution is 0.300. The Morgan fingerprint density at radius 3 is 2.67 bits per heavy atom. The van der Waals surface area contributed by atoms with E-state index in [-0.39, 0.29) is 11.6 Å². The van der Waals surface area contributed by atoms with Crippen LogP contribution in [0.4, 0.5) is 5.82 Å². The van der Waals surface area contributed by atoms with Gasteiger partial charge in [-0.15, -0.1) is 0 Å². The number of hydrogen-bond donors (Lipinski definition) is 1. The Labute approximate surface area is 159 Å². The van der Waals surface area contributed by atoms with E-state index in [2.05, 4.69) is 15.3 Å². The summed E-state index contributed by atoms with van der Waals surface area (Å²) in [5.41, 5.74) is 2.40. The summed E-state index contributed by atoms with van der Waals surface area (Å²) in [6.07, 6.45) is 12.8. The molecule has 0 unspecified atom stereocenters. The Hall–Kier alpha value is -2.24. The number of nitrogens with one attached hydrogen (secondary N) is 1. The third-order valence-electron chi connectivity index (χ3n) is 6.24. The minimum Gasteiger partial charge on any atom is -0.367 e. The van der Waals surface area contributed by atoms with E-state index in [0.29, 0.717) is 12.0 Å². The smallest absolute Gasteiger partial charge is 0.267 e. The average molecular weight is 365 g/mol. The summed E-state index contributed by atoms with van der Waals surface area (Å²) < 4.78 is 1.77. The molecule has 0 saturated heterocycles. The molecule has 2 heterocycles. The minimum absolute atomic E-state index is 0.0805. The van der Waals surface area contributed by atoms with Crippen LogP contribution in [0.1, 0.15) is 80.4 Å². The SMILES string of the molecule is O=c1cc2c(nn1C1CCC(Nc3ccnc(C4CC4)n3)CC1)CCCC2. The van der Waals surface area contributed by atoms with Crippen molar-refractivity contribution in [3.05, 3.63) is 45.8 Å². The predicted molar refractivity (Wildman–Crippen MR) is 104 cm³/mol. The average Bonchev–Trinajstić information content (AvgIpc) is 3.54. The van der Waals surface area contributed by atoms with Crippen molar-refractivity contribution in [2.24, 2.45) is 0 Å². The second kappa shape index (κ2) is 7.06. The fourth-order valence-electron chi connectivity index (χ4n) is 4.50. The van der Waals surface area contributed by atoms with Crippen molar-refractivity contribution in [1.29, 1.82) is 0 Å². The van der Waals surface area contributed by atoms with E-state index < -0.39 is 0 Å². The Morgan fingerprint density at radius 1 is 1.04 bits per heavy atom. The molecule has 0 spiro atoms. The van der Waals surface area contributed by atoms with Crippen molar-refractivity contribution in [3.63, 3.8) is 0 Å². The van der Waals surface area contributed by atoms with Crippen molar-refractivity contribution in [1.82, 2.24) is 19.7 Å². The Morgan fingerprint density at radius 2 is 1.85 bits per heavy atom. The van der Waals surface area contributed by atoms with E-state index in [1.54, 1.807) is 4.68 Å². The molecule has 6 heteroatoms. The normalized spacial score (nSPS) is 25.0. The minimum atomic E-state index is 0.0805. The molecule has 2 saturated carbocycles. The van der Waals surface area contributed by atoms with E-state index in [4.69, 9.17) is 5.10 Å². The second-order valence-corrected chi connectivity index (χ2v) is 8.33. The summed E-state index contributed by atoms with van der Waals surface area (Å²) in [6.45, 7) is 0. The summed E-state index contributed by atoms with van der Waals surface area (Å²) in [7, 11) is 0. The lowest BCUT2D eigenvalue weighted by atomic mass is 9.91. The molecule has 0 radical (unpaired) electrons. The van der Waals surface area contributed by atoms with Gasteiger partial charge >= 0.3 is 0 Å². The molecule has 0 bridgehead atoms. The number of aromatic nitrogens is 4. The summed E-state index contributed by atoms with van der Waals surface area (Å²) in [6, 6.07) is 4.45. The molecule has 1 N–H and O–H groups in total. The van der Waals surface area contributed by atoms with E-state index in [0.717, 1.165) is 55.9 Å². The molecule has 2 aromatic heterocycles. The molecule has 0 aromatic carbocycles. The van der Waals surface area contributed by atoms with Crippen LogP contribution >= 0.6 is 0 Å². The lowest BCUT2D eigenvalue weighted by Crippen LogP contribution is -2.34. The van der Waals surface area contributed by atoms with Crippen molar-refractivity contribution in [2.75, 3.05) is 5.32 Å². The standard InChI is InChI=1S/C21H27N5O/c27-20-13-15-3-1-2-4-18(15)25-26(20)17-9-7-16(8-10-17)23-19-11-12-22-21(24-19)14-5-6-14/h11-14,16-17H,1-10H2,(H,22,23,24). The van der Waals surface area contributed by atoms with Crippen LogP contribution in [0.2, 0.25) is 0 Å². The van der Waals surface area contributed by atoms with Gasteiger partial charge in [0.1, 0.15) is 11.6 Å². The van der Waals surface area contributed by atoms with E-state index in [1.165, 1.54) is 31.2 Å². The maximum absolute atomic E-state index is 12.5. The van der Waals surface area contributed by atoms with E-state index >= 15 is 0 Å². The predicted octanol–water partition coefficient (Wildman–Crippen LogP) is 3.39. The highest BCUT2D eigenvalue weighted by Gasteiger charge is 2.28. The molecule has 5 rings (SSSR count). The molecule has 2 aromatic rings. The van der Waals surface area contributed by atoms with Crippen LogP contribution in [0.15, 0.2) is 23.1 Å². The third-order valence-corrected chi connectivity index (χ3v) is 6.24. The molecular weight excluding hydrogens is 338 g/mol. The van der Waals surface area contributed by atoms with Gasteiger partial charge in [-0.05, 0) is 75.8 Å². The van der Waals surface area contributed by atoms with Gasteiger partial charge in [-0.3, -0.25) is 4.79 Å². The van der Waals surface area contributed by atoms with Crippen LogP contribution in [0.25, 0.3) is 0 Å².